The zero-order valence-electron chi connectivity index (χ0n) is 11.0. The van der Waals surface area contributed by atoms with Gasteiger partial charge in [-0.25, -0.2) is 0 Å². The Kier molecular flexibility index (Phi) is 5.30. The summed E-state index contributed by atoms with van der Waals surface area (Å²) >= 11 is 18.3. The van der Waals surface area contributed by atoms with E-state index in [-0.39, 0.29) is 6.04 Å². The Morgan fingerprint density at radius 3 is 2.50 bits per heavy atom. The molecular formula is C15H15Cl3N2. The quantitative estimate of drug-likeness (QED) is 0.630. The zero-order chi connectivity index (χ0) is 14.7. The number of nitrogens with one attached hydrogen (secondary N) is 1. The smallest absolute Gasteiger partial charge is 0.0595 e. The molecule has 2 rings (SSSR count). The summed E-state index contributed by atoms with van der Waals surface area (Å²) in [6.45, 7) is 1.97. The van der Waals surface area contributed by atoms with Gasteiger partial charge in [0.2, 0.25) is 0 Å². The molecule has 1 unspecified atom stereocenters. The van der Waals surface area contributed by atoms with Gasteiger partial charge in [0.25, 0.3) is 0 Å². The van der Waals surface area contributed by atoms with E-state index >= 15 is 0 Å². The molecule has 5 heteroatoms. The monoisotopic (exact) mass is 328 g/mol. The van der Waals surface area contributed by atoms with Gasteiger partial charge in [0.15, 0.2) is 0 Å². The predicted molar refractivity (Wildman–Crippen MR) is 86.4 cm³/mol. The summed E-state index contributed by atoms with van der Waals surface area (Å²) in [6, 6.07) is 11.4. The van der Waals surface area contributed by atoms with Crippen LogP contribution in [0.15, 0.2) is 36.4 Å². The number of hydrogen-bond acceptors (Lipinski definition) is 2. The first kappa shape index (κ1) is 15.6. The number of hydrogen-bond donors (Lipinski definition) is 2. The predicted octanol–water partition coefficient (Wildman–Crippen LogP) is 4.70. The van der Waals surface area contributed by atoms with E-state index in [0.29, 0.717) is 16.5 Å². The molecule has 0 aliphatic carbocycles. The fourth-order valence-corrected chi connectivity index (χ4v) is 2.68. The molecular weight excluding hydrogens is 315 g/mol. The number of hydrazine groups is 1. The Morgan fingerprint density at radius 1 is 1.10 bits per heavy atom. The highest BCUT2D eigenvalue weighted by Gasteiger charge is 2.15. The summed E-state index contributed by atoms with van der Waals surface area (Å²) in [7, 11) is 0. The summed E-state index contributed by atoms with van der Waals surface area (Å²) in [6.07, 6.45) is 0.677. The highest BCUT2D eigenvalue weighted by atomic mass is 35.5. The van der Waals surface area contributed by atoms with E-state index in [1.807, 2.05) is 37.3 Å². The molecule has 20 heavy (non-hydrogen) atoms. The molecule has 0 fully saturated rings. The minimum absolute atomic E-state index is 0.0837. The summed E-state index contributed by atoms with van der Waals surface area (Å²) in [4.78, 5) is 0. The van der Waals surface area contributed by atoms with Gasteiger partial charge in [-0.2, -0.15) is 0 Å². The lowest BCUT2D eigenvalue weighted by Crippen LogP contribution is -2.29. The number of benzene rings is 2. The summed E-state index contributed by atoms with van der Waals surface area (Å²) in [5, 5.41) is 1.81. The molecule has 0 aromatic heterocycles. The molecule has 3 N–H and O–H groups in total. The number of aryl methyl sites for hydroxylation is 1. The minimum Gasteiger partial charge on any atom is -0.271 e. The first-order chi connectivity index (χ1) is 9.52. The second-order valence-corrected chi connectivity index (χ2v) is 5.84. The average Bonchev–Trinajstić information content (AvgIpc) is 2.43. The van der Waals surface area contributed by atoms with Crippen LogP contribution in [0, 0.1) is 6.92 Å². The molecule has 0 aliphatic rings. The average molecular weight is 330 g/mol. The van der Waals surface area contributed by atoms with Crippen LogP contribution in [-0.4, -0.2) is 0 Å². The first-order valence-electron chi connectivity index (χ1n) is 6.18. The van der Waals surface area contributed by atoms with Gasteiger partial charge in [0.1, 0.15) is 0 Å². The van der Waals surface area contributed by atoms with Gasteiger partial charge in [-0.05, 0) is 42.2 Å². The Labute approximate surface area is 133 Å². The lowest BCUT2D eigenvalue weighted by atomic mass is 9.98. The van der Waals surface area contributed by atoms with Crippen molar-refractivity contribution in [2.45, 2.75) is 19.4 Å². The molecule has 1 atom stereocenters. The van der Waals surface area contributed by atoms with Crippen molar-refractivity contribution in [2.24, 2.45) is 5.84 Å². The van der Waals surface area contributed by atoms with Crippen LogP contribution in [0.3, 0.4) is 0 Å². The zero-order valence-corrected chi connectivity index (χ0v) is 13.2. The van der Waals surface area contributed by atoms with Crippen LogP contribution in [0.1, 0.15) is 22.7 Å². The highest BCUT2D eigenvalue weighted by Crippen LogP contribution is 2.29. The van der Waals surface area contributed by atoms with Gasteiger partial charge in [-0.15, -0.1) is 0 Å². The number of rotatable bonds is 4. The van der Waals surface area contributed by atoms with Gasteiger partial charge < -0.3 is 0 Å². The standard InChI is InChI=1S/C15H15Cl3N2/c1-9-3-2-4-11(15(9)18)14(20-19)8-10-5-6-12(16)13(17)7-10/h2-7,14,20H,8,19H2,1H3. The molecule has 0 heterocycles. The van der Waals surface area contributed by atoms with Crippen LogP contribution >= 0.6 is 34.8 Å². The van der Waals surface area contributed by atoms with Crippen LogP contribution < -0.4 is 11.3 Å². The molecule has 2 aromatic rings. The van der Waals surface area contributed by atoms with Crippen molar-refractivity contribution in [1.29, 1.82) is 0 Å². The third-order valence-electron chi connectivity index (χ3n) is 3.22. The van der Waals surface area contributed by atoms with Crippen LogP contribution in [0.25, 0.3) is 0 Å². The second kappa shape index (κ2) is 6.79. The van der Waals surface area contributed by atoms with Gasteiger partial charge in [0, 0.05) is 5.02 Å². The summed E-state index contributed by atoms with van der Waals surface area (Å²) in [5.41, 5.74) is 5.85. The molecule has 0 amide bonds. The first-order valence-corrected chi connectivity index (χ1v) is 7.31. The van der Waals surface area contributed by atoms with Gasteiger partial charge in [0.05, 0.1) is 16.1 Å². The number of halogens is 3. The van der Waals surface area contributed by atoms with Crippen LogP contribution in [0.5, 0.6) is 0 Å². The van der Waals surface area contributed by atoms with Crippen molar-refractivity contribution >= 4 is 34.8 Å². The fourth-order valence-electron chi connectivity index (χ4n) is 2.10. The Bertz CT molecular complexity index is 614. The largest absolute Gasteiger partial charge is 0.271 e. The van der Waals surface area contributed by atoms with Crippen LogP contribution in [0.2, 0.25) is 15.1 Å². The Balaban J connectivity index is 2.28. The Morgan fingerprint density at radius 2 is 1.85 bits per heavy atom. The topological polar surface area (TPSA) is 38.0 Å². The van der Waals surface area contributed by atoms with E-state index < -0.39 is 0 Å². The molecule has 0 saturated heterocycles. The lowest BCUT2D eigenvalue weighted by Gasteiger charge is -2.19. The molecule has 2 aromatic carbocycles. The molecule has 106 valence electrons. The molecule has 0 radical (unpaired) electrons. The minimum atomic E-state index is -0.0837. The SMILES string of the molecule is Cc1cccc(C(Cc2ccc(Cl)c(Cl)c2)NN)c1Cl. The maximum Gasteiger partial charge on any atom is 0.0595 e. The van der Waals surface area contributed by atoms with E-state index in [0.717, 1.165) is 21.7 Å². The number of nitrogens with two attached hydrogens (primary N) is 1. The molecule has 0 bridgehead atoms. The second-order valence-electron chi connectivity index (χ2n) is 4.65. The normalized spacial score (nSPS) is 12.4. The van der Waals surface area contributed by atoms with E-state index in [4.69, 9.17) is 40.6 Å². The maximum absolute atomic E-state index is 6.35. The van der Waals surface area contributed by atoms with Gasteiger partial charge in [-0.1, -0.05) is 59.1 Å². The van der Waals surface area contributed by atoms with E-state index in [1.54, 1.807) is 6.07 Å². The molecule has 0 saturated carbocycles. The molecule has 2 nitrogen and oxygen atoms in total. The molecule has 0 spiro atoms. The van der Waals surface area contributed by atoms with Gasteiger partial charge >= 0.3 is 0 Å². The van der Waals surface area contributed by atoms with E-state index in [9.17, 15) is 0 Å². The summed E-state index contributed by atoms with van der Waals surface area (Å²) < 4.78 is 0. The van der Waals surface area contributed by atoms with Crippen LogP contribution in [-0.2, 0) is 6.42 Å². The highest BCUT2D eigenvalue weighted by molar-refractivity contribution is 6.42. The summed E-state index contributed by atoms with van der Waals surface area (Å²) in [5.74, 6) is 5.67. The van der Waals surface area contributed by atoms with E-state index in [2.05, 4.69) is 5.43 Å². The third-order valence-corrected chi connectivity index (χ3v) is 4.48. The van der Waals surface area contributed by atoms with Crippen molar-refractivity contribution in [3.8, 4) is 0 Å². The van der Waals surface area contributed by atoms with Crippen molar-refractivity contribution in [3.63, 3.8) is 0 Å². The van der Waals surface area contributed by atoms with Gasteiger partial charge in [-0.3, -0.25) is 11.3 Å². The fraction of sp³-hybridized carbons (Fsp3) is 0.200. The van der Waals surface area contributed by atoms with Crippen molar-refractivity contribution < 1.29 is 0 Å². The maximum atomic E-state index is 6.35. The van der Waals surface area contributed by atoms with Crippen molar-refractivity contribution in [1.82, 2.24) is 5.43 Å². The Hall–Kier alpha value is -0.770. The lowest BCUT2D eigenvalue weighted by molar-refractivity contribution is 0.552. The van der Waals surface area contributed by atoms with E-state index in [1.165, 1.54) is 0 Å². The van der Waals surface area contributed by atoms with Crippen molar-refractivity contribution in [3.05, 3.63) is 68.2 Å². The third kappa shape index (κ3) is 3.46. The van der Waals surface area contributed by atoms with Crippen molar-refractivity contribution in [2.75, 3.05) is 0 Å². The molecule has 0 aliphatic heterocycles. The van der Waals surface area contributed by atoms with Crippen LogP contribution in [0.4, 0.5) is 0 Å².